The third-order valence-corrected chi connectivity index (χ3v) is 8.75. The largest absolute Gasteiger partial charge is 2.00 e. The number of hydrogen-bond donors (Lipinski definition) is 0. The maximum absolute atomic E-state index is 15.0. The van der Waals surface area contributed by atoms with Gasteiger partial charge in [0, 0.05) is 34.5 Å². The summed E-state index contributed by atoms with van der Waals surface area (Å²) in [7, 11) is 0. The second-order valence-corrected chi connectivity index (χ2v) is 12.2. The fourth-order valence-corrected chi connectivity index (χ4v) is 6.49. The Morgan fingerprint density at radius 2 is 1.76 bits per heavy atom. The number of ether oxygens (including phenoxy) is 1. The van der Waals surface area contributed by atoms with E-state index in [4.69, 9.17) is 9.84 Å². The summed E-state index contributed by atoms with van der Waals surface area (Å²) >= 11 is 0. The quantitative estimate of drug-likeness (QED) is 0.158. The maximum Gasteiger partial charge on any atom is 2.00 e. The van der Waals surface area contributed by atoms with Crippen molar-refractivity contribution in [3.8, 4) is 23.0 Å². The fraction of sp³-hybridized carbons (Fsp3) is 0.263. The molecule has 236 valence electrons. The molecular formula is C38H34F2N4OPt. The Morgan fingerprint density at radius 1 is 0.957 bits per heavy atom. The normalized spacial score (nSPS) is 16.6. The summed E-state index contributed by atoms with van der Waals surface area (Å²) < 4.78 is 40.2. The molecule has 1 aliphatic rings. The van der Waals surface area contributed by atoms with E-state index in [2.05, 4.69) is 66.7 Å². The number of allylic oxidation sites excluding steroid dienone is 2. The summed E-state index contributed by atoms with van der Waals surface area (Å²) in [6.45, 7) is 9.94. The van der Waals surface area contributed by atoms with Crippen molar-refractivity contribution in [3.05, 3.63) is 119 Å². The van der Waals surface area contributed by atoms with Gasteiger partial charge in [0.25, 0.3) is 0 Å². The smallest absolute Gasteiger partial charge is 0.509 e. The molecule has 3 aromatic carbocycles. The number of nitrogens with zero attached hydrogens (tertiary/aromatic N) is 4. The Morgan fingerprint density at radius 3 is 2.52 bits per heavy atom. The minimum Gasteiger partial charge on any atom is -0.509 e. The van der Waals surface area contributed by atoms with Crippen LogP contribution in [0.3, 0.4) is 0 Å². The first kappa shape index (κ1) is 31.9. The van der Waals surface area contributed by atoms with Crippen molar-refractivity contribution in [2.45, 2.75) is 65.5 Å². The Bertz CT molecular complexity index is 2110. The van der Waals surface area contributed by atoms with Crippen molar-refractivity contribution in [3.63, 3.8) is 0 Å². The molecule has 0 radical (unpaired) electrons. The van der Waals surface area contributed by atoms with Crippen LogP contribution in [-0.4, -0.2) is 25.5 Å². The molecule has 0 fully saturated rings. The number of aryl methyl sites for hydroxylation is 2. The van der Waals surface area contributed by atoms with E-state index in [1.165, 1.54) is 6.08 Å². The topological polar surface area (TPSA) is 44.9 Å². The van der Waals surface area contributed by atoms with Crippen LogP contribution in [-0.2, 0) is 21.1 Å². The standard InChI is InChI=1S/C38H34F2N4O.Pt/c1-22(2)26-18-27(44-25(5)37(24(4)42-44)38-32(39)10-8-11-33(38)40)20-29(19-26)45-28-13-14-31-30-9-6-7-12-34(30)43(35(31)21-28)36-17-23(3)15-16-41-36;/h6-7,9-10,12-19,22,33,38H,8,11H2,1-5H3;/q-2;+2/t33-,38?;/m0./s1. The van der Waals surface area contributed by atoms with Gasteiger partial charge in [-0.15, -0.1) is 41.3 Å². The van der Waals surface area contributed by atoms with E-state index in [1.807, 2.05) is 56.4 Å². The second-order valence-electron chi connectivity index (χ2n) is 12.2. The molecule has 7 rings (SSSR count). The van der Waals surface area contributed by atoms with Crippen LogP contribution in [0.15, 0.2) is 78.8 Å². The SMILES string of the molecule is Cc1ccnc(-n2c3[c-]c(Oc4[c-]c(-n5nc(C)c(C6C(F)=CCC[C@@H]6F)c5C)cc(C(C)C)c4)ccc3c3ccccc32)c1.[Pt+2]. The van der Waals surface area contributed by atoms with Crippen LogP contribution < -0.4 is 4.74 Å². The van der Waals surface area contributed by atoms with Gasteiger partial charge in [-0.05, 0) is 74.4 Å². The predicted octanol–water partition coefficient (Wildman–Crippen LogP) is 9.87. The zero-order valence-corrected chi connectivity index (χ0v) is 28.6. The van der Waals surface area contributed by atoms with Crippen molar-refractivity contribution in [2.24, 2.45) is 0 Å². The molecule has 2 atom stereocenters. The Balaban J connectivity index is 0.00000372. The predicted molar refractivity (Wildman–Crippen MR) is 174 cm³/mol. The van der Waals surface area contributed by atoms with Gasteiger partial charge in [0.15, 0.2) is 0 Å². The molecule has 0 saturated heterocycles. The summed E-state index contributed by atoms with van der Waals surface area (Å²) in [5.74, 6) is 0.674. The van der Waals surface area contributed by atoms with Gasteiger partial charge in [-0.3, -0.25) is 4.68 Å². The van der Waals surface area contributed by atoms with Gasteiger partial charge in [-0.2, -0.15) is 11.2 Å². The third-order valence-electron chi connectivity index (χ3n) is 8.75. The Labute approximate surface area is 282 Å². The first-order chi connectivity index (χ1) is 21.7. The Kier molecular flexibility index (Phi) is 8.73. The number of hydrogen-bond acceptors (Lipinski definition) is 3. The van der Waals surface area contributed by atoms with E-state index in [-0.39, 0.29) is 27.0 Å². The van der Waals surface area contributed by atoms with Gasteiger partial charge in [-0.25, -0.2) is 13.8 Å². The molecule has 0 N–H and O–H groups in total. The fourth-order valence-electron chi connectivity index (χ4n) is 6.49. The van der Waals surface area contributed by atoms with Crippen LogP contribution in [0, 0.1) is 32.9 Å². The number of fused-ring (bicyclic) bond motifs is 3. The first-order valence-corrected chi connectivity index (χ1v) is 15.4. The summed E-state index contributed by atoms with van der Waals surface area (Å²) in [5.41, 5.74) is 6.58. The Hall–Kier alpha value is -4.09. The number of rotatable bonds is 6. The minimum atomic E-state index is -1.29. The average Bonchev–Trinajstić information content (AvgIpc) is 3.50. The third kappa shape index (κ3) is 5.60. The molecule has 0 bridgehead atoms. The summed E-state index contributed by atoms with van der Waals surface area (Å²) in [6, 6.07) is 27.1. The summed E-state index contributed by atoms with van der Waals surface area (Å²) in [4.78, 5) is 4.67. The van der Waals surface area contributed by atoms with Crippen molar-refractivity contribution in [1.82, 2.24) is 19.3 Å². The molecule has 0 saturated carbocycles. The molecule has 3 heterocycles. The molecule has 5 nitrogen and oxygen atoms in total. The summed E-state index contributed by atoms with van der Waals surface area (Å²) in [6.07, 6.45) is 2.74. The molecule has 0 spiro atoms. The number of pyridine rings is 1. The van der Waals surface area contributed by atoms with Gasteiger partial charge < -0.3 is 9.30 Å². The molecular weight excluding hydrogens is 762 g/mol. The number of para-hydroxylation sites is 1. The number of benzene rings is 3. The van der Waals surface area contributed by atoms with Crippen molar-refractivity contribution in [1.29, 1.82) is 0 Å². The molecule has 0 aliphatic heterocycles. The van der Waals surface area contributed by atoms with Gasteiger partial charge in [0.05, 0.1) is 11.6 Å². The zero-order valence-electron chi connectivity index (χ0n) is 26.3. The van der Waals surface area contributed by atoms with Gasteiger partial charge in [0.2, 0.25) is 0 Å². The van der Waals surface area contributed by atoms with Crippen LogP contribution in [0.25, 0.3) is 33.3 Å². The molecule has 1 unspecified atom stereocenters. The van der Waals surface area contributed by atoms with Crippen LogP contribution in [0.4, 0.5) is 8.78 Å². The second kappa shape index (κ2) is 12.6. The first-order valence-electron chi connectivity index (χ1n) is 15.4. The molecule has 0 amide bonds. The maximum atomic E-state index is 15.0. The number of halogens is 2. The number of alkyl halides is 1. The van der Waals surface area contributed by atoms with Crippen LogP contribution >= 0.6 is 0 Å². The van der Waals surface area contributed by atoms with E-state index in [1.54, 1.807) is 4.68 Å². The van der Waals surface area contributed by atoms with E-state index >= 15 is 4.39 Å². The molecule has 8 heteroatoms. The zero-order chi connectivity index (χ0) is 31.4. The van der Waals surface area contributed by atoms with Crippen LogP contribution in [0.1, 0.15) is 66.6 Å². The van der Waals surface area contributed by atoms with Crippen LogP contribution in [0.5, 0.6) is 11.5 Å². The van der Waals surface area contributed by atoms with Crippen LogP contribution in [0.2, 0.25) is 0 Å². The van der Waals surface area contributed by atoms with E-state index in [9.17, 15) is 4.39 Å². The summed E-state index contributed by atoms with van der Waals surface area (Å²) in [5, 5.41) is 6.90. The van der Waals surface area contributed by atoms with Crippen molar-refractivity contribution in [2.75, 3.05) is 0 Å². The molecule has 46 heavy (non-hydrogen) atoms. The van der Waals surface area contributed by atoms with E-state index in [0.717, 1.165) is 38.8 Å². The van der Waals surface area contributed by atoms with Gasteiger partial charge in [-0.1, -0.05) is 43.6 Å². The van der Waals surface area contributed by atoms with Gasteiger partial charge >= 0.3 is 21.1 Å². The van der Waals surface area contributed by atoms with Gasteiger partial charge in [0.1, 0.15) is 17.8 Å². The minimum absolute atomic E-state index is 0. The van der Waals surface area contributed by atoms with Crippen molar-refractivity contribution >= 4 is 21.8 Å². The van der Waals surface area contributed by atoms with E-state index < -0.39 is 17.9 Å². The molecule has 6 aromatic rings. The monoisotopic (exact) mass is 795 g/mol. The molecule has 1 aliphatic carbocycles. The number of aromatic nitrogens is 4. The van der Waals surface area contributed by atoms with Crippen molar-refractivity contribution < 1.29 is 34.6 Å². The molecule has 3 aromatic heterocycles. The van der Waals surface area contributed by atoms with E-state index in [0.29, 0.717) is 47.0 Å². The average molecular weight is 796 g/mol.